The van der Waals surface area contributed by atoms with E-state index in [1.54, 1.807) is 10.6 Å². The molecule has 39 heavy (non-hydrogen) atoms. The van der Waals surface area contributed by atoms with Crippen LogP contribution >= 0.6 is 0 Å². The van der Waals surface area contributed by atoms with Gasteiger partial charge in [0.25, 0.3) is 5.91 Å². The van der Waals surface area contributed by atoms with Gasteiger partial charge in [-0.1, -0.05) is 30.3 Å². The van der Waals surface area contributed by atoms with E-state index in [1.165, 1.54) is 11.6 Å². The quantitative estimate of drug-likeness (QED) is 0.266. The molecule has 1 aliphatic carbocycles. The average Bonchev–Trinajstić information content (AvgIpc) is 3.37. The van der Waals surface area contributed by atoms with Crippen LogP contribution in [0.25, 0.3) is 16.8 Å². The number of benzene rings is 2. The van der Waals surface area contributed by atoms with Gasteiger partial charge in [-0.3, -0.25) is 9.59 Å². The van der Waals surface area contributed by atoms with Gasteiger partial charge in [-0.2, -0.15) is 0 Å². The predicted molar refractivity (Wildman–Crippen MR) is 144 cm³/mol. The zero-order valence-corrected chi connectivity index (χ0v) is 21.8. The second-order valence-corrected chi connectivity index (χ2v) is 10.0. The molecule has 5 rings (SSSR count). The highest BCUT2D eigenvalue weighted by Gasteiger charge is 2.24. The molecule has 0 radical (unpaired) electrons. The lowest BCUT2D eigenvalue weighted by Crippen LogP contribution is -2.24. The molecule has 4 aromatic rings. The van der Waals surface area contributed by atoms with Crippen molar-refractivity contribution in [3.05, 3.63) is 95.4 Å². The summed E-state index contributed by atoms with van der Waals surface area (Å²) in [4.78, 5) is 28.7. The fourth-order valence-corrected chi connectivity index (χ4v) is 5.34. The van der Waals surface area contributed by atoms with Gasteiger partial charge < -0.3 is 14.5 Å². The Kier molecular flexibility index (Phi) is 8.00. The summed E-state index contributed by atoms with van der Waals surface area (Å²) in [7, 11) is 0. The number of carbonyl (C=O) groups excluding carboxylic acids is 2. The third-order valence-electron chi connectivity index (χ3n) is 7.49. The van der Waals surface area contributed by atoms with E-state index < -0.39 is 17.5 Å². The average molecular weight is 532 g/mol. The zero-order chi connectivity index (χ0) is 27.4. The van der Waals surface area contributed by atoms with E-state index in [-0.39, 0.29) is 23.8 Å². The van der Waals surface area contributed by atoms with E-state index in [0.29, 0.717) is 30.5 Å². The van der Waals surface area contributed by atoms with Crippen molar-refractivity contribution < 1.29 is 23.1 Å². The van der Waals surface area contributed by atoms with Crippen molar-refractivity contribution in [1.82, 2.24) is 14.7 Å². The minimum atomic E-state index is -0.706. The number of nitrogens with zero attached hydrogens (tertiary/aromatic N) is 2. The van der Waals surface area contributed by atoms with E-state index in [9.17, 15) is 18.4 Å². The number of halogens is 2. The Balaban J connectivity index is 1.22. The fourth-order valence-electron chi connectivity index (χ4n) is 5.34. The van der Waals surface area contributed by atoms with Gasteiger partial charge in [0.05, 0.1) is 6.61 Å². The smallest absolute Gasteiger partial charge is 0.306 e. The summed E-state index contributed by atoms with van der Waals surface area (Å²) in [5, 5.41) is 2.54. The van der Waals surface area contributed by atoms with Crippen molar-refractivity contribution in [1.29, 1.82) is 0 Å². The van der Waals surface area contributed by atoms with Gasteiger partial charge in [0.1, 0.15) is 23.0 Å². The van der Waals surface area contributed by atoms with Gasteiger partial charge in [-0.05, 0) is 85.4 Å². The van der Waals surface area contributed by atoms with E-state index >= 15 is 0 Å². The van der Waals surface area contributed by atoms with Crippen LogP contribution in [-0.2, 0) is 16.1 Å². The summed E-state index contributed by atoms with van der Waals surface area (Å²) >= 11 is 0. The molecule has 2 heterocycles. The van der Waals surface area contributed by atoms with E-state index in [1.807, 2.05) is 25.3 Å². The number of rotatable bonds is 8. The summed E-state index contributed by atoms with van der Waals surface area (Å²) in [6, 6.07) is 15.9. The molecule has 1 N–H and O–H groups in total. The van der Waals surface area contributed by atoms with Gasteiger partial charge in [0.15, 0.2) is 0 Å². The lowest BCUT2D eigenvalue weighted by molar-refractivity contribution is -0.144. The van der Waals surface area contributed by atoms with Crippen molar-refractivity contribution >= 4 is 17.5 Å². The molecule has 0 atom stereocenters. The van der Waals surface area contributed by atoms with Crippen LogP contribution in [0.3, 0.4) is 0 Å². The maximum atomic E-state index is 13.9. The predicted octanol–water partition coefficient (Wildman–Crippen LogP) is 6.44. The molecule has 2 aromatic heterocycles. The summed E-state index contributed by atoms with van der Waals surface area (Å²) in [5.74, 6) is -1.11. The Labute approximate surface area is 226 Å². The molecule has 2 aromatic carbocycles. The molecular weight excluding hydrogens is 500 g/mol. The number of amides is 1. The van der Waals surface area contributed by atoms with E-state index in [2.05, 4.69) is 34.6 Å². The number of carbonyl (C=O) groups is 2. The molecule has 1 saturated carbocycles. The number of esters is 1. The maximum absolute atomic E-state index is 13.9. The molecule has 6 nitrogen and oxygen atoms in total. The summed E-state index contributed by atoms with van der Waals surface area (Å²) in [6.45, 7) is 2.00. The molecular formula is C31H31F2N3O3. The molecule has 0 spiro atoms. The molecule has 1 fully saturated rings. The minimum absolute atomic E-state index is 0.0918. The van der Waals surface area contributed by atoms with Crippen LogP contribution in [0.1, 0.15) is 66.6 Å². The Morgan fingerprint density at radius 3 is 2.33 bits per heavy atom. The molecule has 0 unspecified atom stereocenters. The first-order valence-electron chi connectivity index (χ1n) is 13.4. The van der Waals surface area contributed by atoms with Gasteiger partial charge in [0.2, 0.25) is 0 Å². The standard InChI is InChI=1S/C31H31F2N3O3/c1-2-39-30(37)16-20-6-8-21(9-7-20)22-10-12-23(13-11-22)24-14-15-29-35-28(19-36(29)18-24)31(38)34-17-25-26(32)4-3-5-27(25)33/h3-5,10-15,18-21H,2,6-9,16-17H2,1H3,(H,34,38)/t20-,21-. The molecule has 0 aliphatic heterocycles. The van der Waals surface area contributed by atoms with Gasteiger partial charge in [0, 0.05) is 30.9 Å². The first kappa shape index (κ1) is 26.5. The topological polar surface area (TPSA) is 72.7 Å². The number of fused-ring (bicyclic) bond motifs is 1. The molecule has 0 bridgehead atoms. The monoisotopic (exact) mass is 531 g/mol. The van der Waals surface area contributed by atoms with Crippen LogP contribution in [0.15, 0.2) is 67.0 Å². The van der Waals surface area contributed by atoms with Gasteiger partial charge in [-0.15, -0.1) is 0 Å². The second kappa shape index (κ2) is 11.8. The van der Waals surface area contributed by atoms with E-state index in [4.69, 9.17) is 4.74 Å². The minimum Gasteiger partial charge on any atom is -0.466 e. The number of hydrogen-bond donors (Lipinski definition) is 1. The van der Waals surface area contributed by atoms with Crippen molar-refractivity contribution in [3.8, 4) is 11.1 Å². The van der Waals surface area contributed by atoms with Crippen LogP contribution in [-0.4, -0.2) is 27.9 Å². The number of pyridine rings is 1. The van der Waals surface area contributed by atoms with E-state index in [0.717, 1.165) is 48.9 Å². The first-order valence-corrected chi connectivity index (χ1v) is 13.4. The van der Waals surface area contributed by atoms with Crippen molar-refractivity contribution in [2.45, 2.75) is 51.5 Å². The Morgan fingerprint density at radius 1 is 0.949 bits per heavy atom. The highest BCUT2D eigenvalue weighted by atomic mass is 19.1. The largest absolute Gasteiger partial charge is 0.466 e. The lowest BCUT2D eigenvalue weighted by Gasteiger charge is -2.28. The molecule has 1 amide bonds. The van der Waals surface area contributed by atoms with Crippen molar-refractivity contribution in [2.24, 2.45) is 5.92 Å². The zero-order valence-electron chi connectivity index (χ0n) is 21.8. The molecule has 8 heteroatoms. The maximum Gasteiger partial charge on any atom is 0.306 e. The fraction of sp³-hybridized carbons (Fsp3) is 0.323. The van der Waals surface area contributed by atoms with Gasteiger partial charge >= 0.3 is 5.97 Å². The lowest BCUT2D eigenvalue weighted by atomic mass is 9.77. The number of aromatic nitrogens is 2. The van der Waals surface area contributed by atoms with Crippen LogP contribution in [0.4, 0.5) is 8.78 Å². The third-order valence-corrected chi connectivity index (χ3v) is 7.49. The highest BCUT2D eigenvalue weighted by Crippen LogP contribution is 2.37. The Hall–Kier alpha value is -4.07. The SMILES string of the molecule is CCOC(=O)C[C@H]1CC[C@H](c2ccc(-c3ccc4nc(C(=O)NCc5c(F)cccc5F)cn4c3)cc2)CC1. The van der Waals surface area contributed by atoms with Crippen LogP contribution in [0, 0.1) is 17.6 Å². The number of nitrogens with one attached hydrogen (secondary N) is 1. The summed E-state index contributed by atoms with van der Waals surface area (Å²) in [5.41, 5.74) is 3.90. The Bertz CT molecular complexity index is 1450. The third kappa shape index (κ3) is 6.16. The molecule has 0 saturated heterocycles. The van der Waals surface area contributed by atoms with Gasteiger partial charge in [-0.25, -0.2) is 13.8 Å². The van der Waals surface area contributed by atoms with Crippen LogP contribution in [0.2, 0.25) is 0 Å². The van der Waals surface area contributed by atoms with Crippen molar-refractivity contribution in [2.75, 3.05) is 6.61 Å². The number of hydrogen-bond acceptors (Lipinski definition) is 4. The number of ether oxygens (including phenoxy) is 1. The summed E-state index contributed by atoms with van der Waals surface area (Å²) < 4.78 is 34.6. The second-order valence-electron chi connectivity index (χ2n) is 10.0. The normalized spacial score (nSPS) is 17.2. The summed E-state index contributed by atoms with van der Waals surface area (Å²) in [6.07, 6.45) is 8.24. The molecule has 202 valence electrons. The van der Waals surface area contributed by atoms with Crippen molar-refractivity contribution in [3.63, 3.8) is 0 Å². The molecule has 1 aliphatic rings. The first-order chi connectivity index (χ1) is 18.9. The Morgan fingerprint density at radius 2 is 1.64 bits per heavy atom. The highest BCUT2D eigenvalue weighted by molar-refractivity contribution is 5.92. The van der Waals surface area contributed by atoms with Crippen LogP contribution < -0.4 is 5.32 Å². The number of imidazole rings is 1. The van der Waals surface area contributed by atoms with Crippen LogP contribution in [0.5, 0.6) is 0 Å².